The molecule has 2 aromatic heterocycles. The van der Waals surface area contributed by atoms with E-state index in [0.29, 0.717) is 17.5 Å². The van der Waals surface area contributed by atoms with Crippen LogP contribution in [0.15, 0.2) is 231 Å². The van der Waals surface area contributed by atoms with Crippen LogP contribution in [0.2, 0.25) is 0 Å². The summed E-state index contributed by atoms with van der Waals surface area (Å²) in [5.74, 6) is 1.90. The highest BCUT2D eigenvalue weighted by molar-refractivity contribution is 6.17. The lowest BCUT2D eigenvalue weighted by Gasteiger charge is -2.13. The smallest absolute Gasteiger partial charge is 0.164 e. The van der Waals surface area contributed by atoms with Gasteiger partial charge in [-0.25, -0.2) is 15.0 Å². The lowest BCUT2D eigenvalue weighted by molar-refractivity contribution is 1.07. The van der Waals surface area contributed by atoms with Crippen molar-refractivity contribution in [2.45, 2.75) is 0 Å². The molecule has 61 heavy (non-hydrogen) atoms. The van der Waals surface area contributed by atoms with E-state index in [1.807, 2.05) is 36.4 Å². The third-order valence-electron chi connectivity index (χ3n) is 11.5. The number of fused-ring (bicyclic) bond motifs is 3. The van der Waals surface area contributed by atoms with E-state index in [1.54, 1.807) is 0 Å². The van der Waals surface area contributed by atoms with Crippen LogP contribution in [0.25, 0.3) is 106 Å². The number of hydrogen-bond acceptors (Lipinski definition) is 3. The van der Waals surface area contributed by atoms with E-state index in [1.165, 1.54) is 44.1 Å². The van der Waals surface area contributed by atoms with Crippen LogP contribution in [0.4, 0.5) is 0 Å². The third-order valence-corrected chi connectivity index (χ3v) is 11.5. The molecule has 0 atom stereocenters. The second kappa shape index (κ2) is 15.5. The van der Waals surface area contributed by atoms with Gasteiger partial charge in [0.1, 0.15) is 0 Å². The molecule has 0 bridgehead atoms. The lowest BCUT2D eigenvalue weighted by atomic mass is 9.94. The first-order chi connectivity index (χ1) is 30.2. The molecule has 9 aromatic carbocycles. The fourth-order valence-corrected chi connectivity index (χ4v) is 8.42. The molecule has 0 saturated heterocycles. The molecule has 0 N–H and O–H groups in total. The zero-order valence-electron chi connectivity index (χ0n) is 33.2. The molecule has 0 aliphatic heterocycles. The van der Waals surface area contributed by atoms with Gasteiger partial charge < -0.3 is 4.57 Å². The Morgan fingerprint density at radius 1 is 0.262 bits per heavy atom. The van der Waals surface area contributed by atoms with Crippen LogP contribution in [0.3, 0.4) is 0 Å². The maximum absolute atomic E-state index is 5.07. The van der Waals surface area contributed by atoms with E-state index < -0.39 is 0 Å². The van der Waals surface area contributed by atoms with E-state index in [2.05, 4.69) is 199 Å². The van der Waals surface area contributed by atoms with Crippen molar-refractivity contribution in [3.63, 3.8) is 0 Å². The third kappa shape index (κ3) is 6.86. The van der Waals surface area contributed by atoms with Crippen LogP contribution in [0.1, 0.15) is 0 Å². The summed E-state index contributed by atoms with van der Waals surface area (Å²) >= 11 is 0. The second-order valence-electron chi connectivity index (χ2n) is 15.2. The quantitative estimate of drug-likeness (QED) is 0.154. The Bertz CT molecular complexity index is 3290. The molecular formula is C57H38N4. The van der Waals surface area contributed by atoms with Gasteiger partial charge in [0, 0.05) is 33.2 Å². The molecule has 0 radical (unpaired) electrons. The summed E-state index contributed by atoms with van der Waals surface area (Å²) < 4.78 is 2.41. The van der Waals surface area contributed by atoms with Crippen molar-refractivity contribution >= 4 is 21.8 Å². The molecule has 0 saturated carbocycles. The maximum Gasteiger partial charge on any atom is 0.164 e. The molecule has 0 aliphatic rings. The highest BCUT2D eigenvalue weighted by Gasteiger charge is 2.19. The summed E-state index contributed by atoms with van der Waals surface area (Å²) in [6.45, 7) is 0. The number of para-hydroxylation sites is 1. The first kappa shape index (κ1) is 35.9. The Hall–Kier alpha value is -8.21. The minimum Gasteiger partial charge on any atom is -0.309 e. The topological polar surface area (TPSA) is 43.6 Å². The van der Waals surface area contributed by atoms with Crippen molar-refractivity contribution in [1.29, 1.82) is 0 Å². The SMILES string of the molecule is c1ccc(-c2ccc(-c3nc(-c4ccccc4)nc(-c4ccc(-c5cc(-c6ccccc6)c6c7ccccc7n(-c7ccc(-c8ccccc8)cc7)c6c5)cc4)n3)cc2)cc1. The van der Waals surface area contributed by atoms with Crippen LogP contribution in [0, 0.1) is 0 Å². The Morgan fingerprint density at radius 2 is 0.623 bits per heavy atom. The largest absolute Gasteiger partial charge is 0.309 e. The molecule has 0 unspecified atom stereocenters. The highest BCUT2D eigenvalue weighted by atomic mass is 15.0. The molecule has 4 nitrogen and oxygen atoms in total. The number of rotatable bonds is 8. The Labute approximate surface area is 354 Å². The predicted molar refractivity (Wildman–Crippen MR) is 252 cm³/mol. The summed E-state index contributed by atoms with van der Waals surface area (Å²) in [6, 6.07) is 81.3. The number of hydrogen-bond donors (Lipinski definition) is 0. The Balaban J connectivity index is 1.03. The van der Waals surface area contributed by atoms with Crippen LogP contribution >= 0.6 is 0 Å². The van der Waals surface area contributed by atoms with E-state index in [4.69, 9.17) is 15.0 Å². The van der Waals surface area contributed by atoms with Crippen molar-refractivity contribution in [3.05, 3.63) is 231 Å². The molecule has 4 heteroatoms. The first-order valence-corrected chi connectivity index (χ1v) is 20.6. The van der Waals surface area contributed by atoms with Crippen molar-refractivity contribution in [2.75, 3.05) is 0 Å². The van der Waals surface area contributed by atoms with Crippen LogP contribution in [-0.2, 0) is 0 Å². The van der Waals surface area contributed by atoms with Gasteiger partial charge in [0.2, 0.25) is 0 Å². The first-order valence-electron chi connectivity index (χ1n) is 20.6. The monoisotopic (exact) mass is 778 g/mol. The summed E-state index contributed by atoms with van der Waals surface area (Å²) in [5, 5.41) is 2.46. The van der Waals surface area contributed by atoms with Crippen molar-refractivity contribution in [2.24, 2.45) is 0 Å². The van der Waals surface area contributed by atoms with Gasteiger partial charge in [-0.05, 0) is 74.8 Å². The van der Waals surface area contributed by atoms with E-state index in [9.17, 15) is 0 Å². The van der Waals surface area contributed by atoms with Gasteiger partial charge in [-0.1, -0.05) is 200 Å². The summed E-state index contributed by atoms with van der Waals surface area (Å²) in [4.78, 5) is 15.1. The average Bonchev–Trinajstić information content (AvgIpc) is 3.69. The minimum atomic E-state index is 0.627. The fraction of sp³-hybridized carbons (Fsp3) is 0. The molecule has 0 amide bonds. The lowest BCUT2D eigenvalue weighted by Crippen LogP contribution is -2.00. The zero-order chi connectivity index (χ0) is 40.5. The van der Waals surface area contributed by atoms with E-state index in [0.717, 1.165) is 44.6 Å². The summed E-state index contributed by atoms with van der Waals surface area (Å²) in [7, 11) is 0. The Kier molecular flexibility index (Phi) is 9.14. The molecule has 286 valence electrons. The van der Waals surface area contributed by atoms with Crippen LogP contribution in [0.5, 0.6) is 0 Å². The van der Waals surface area contributed by atoms with Gasteiger partial charge in [0.25, 0.3) is 0 Å². The average molecular weight is 779 g/mol. The number of nitrogens with zero attached hydrogens (tertiary/aromatic N) is 4. The fourth-order valence-electron chi connectivity index (χ4n) is 8.42. The standard InChI is InChI=1S/C57H38N4/c1-5-15-39(16-6-1)41-25-29-46(30-26-41)56-58-55(45-21-11-4-12-22-45)59-57(60-56)47-31-27-43(28-32-47)48-37-51(44-19-9-3-10-20-44)54-50-23-13-14-24-52(50)61(53(54)38-48)49-35-33-42(34-36-49)40-17-7-2-8-18-40/h1-38H. The van der Waals surface area contributed by atoms with Gasteiger partial charge in [0.15, 0.2) is 17.5 Å². The minimum absolute atomic E-state index is 0.627. The Morgan fingerprint density at radius 3 is 1.13 bits per heavy atom. The maximum atomic E-state index is 5.07. The van der Waals surface area contributed by atoms with E-state index >= 15 is 0 Å². The molecule has 11 aromatic rings. The van der Waals surface area contributed by atoms with Crippen molar-refractivity contribution < 1.29 is 0 Å². The van der Waals surface area contributed by atoms with Crippen molar-refractivity contribution in [3.8, 4) is 84.4 Å². The van der Waals surface area contributed by atoms with Gasteiger partial charge in [0.05, 0.1) is 11.0 Å². The molecule has 2 heterocycles. The van der Waals surface area contributed by atoms with E-state index in [-0.39, 0.29) is 0 Å². The van der Waals surface area contributed by atoms with Gasteiger partial charge in [-0.3, -0.25) is 0 Å². The molecule has 0 spiro atoms. The number of aromatic nitrogens is 4. The molecule has 11 rings (SSSR count). The predicted octanol–water partition coefficient (Wildman–Crippen LogP) is 14.6. The second-order valence-corrected chi connectivity index (χ2v) is 15.2. The highest BCUT2D eigenvalue weighted by Crippen LogP contribution is 2.42. The normalized spacial score (nSPS) is 11.3. The zero-order valence-corrected chi connectivity index (χ0v) is 33.2. The van der Waals surface area contributed by atoms with Gasteiger partial charge in [-0.2, -0.15) is 0 Å². The van der Waals surface area contributed by atoms with Gasteiger partial charge >= 0.3 is 0 Å². The summed E-state index contributed by atoms with van der Waals surface area (Å²) in [5.41, 5.74) is 15.6. The summed E-state index contributed by atoms with van der Waals surface area (Å²) in [6.07, 6.45) is 0. The van der Waals surface area contributed by atoms with Crippen molar-refractivity contribution in [1.82, 2.24) is 19.5 Å². The molecule has 0 aliphatic carbocycles. The molecule has 0 fully saturated rings. The van der Waals surface area contributed by atoms with Gasteiger partial charge in [-0.15, -0.1) is 0 Å². The van der Waals surface area contributed by atoms with Crippen LogP contribution in [-0.4, -0.2) is 19.5 Å². The van der Waals surface area contributed by atoms with Crippen LogP contribution < -0.4 is 0 Å². The number of benzene rings is 9. The molecular weight excluding hydrogens is 741 g/mol.